The third kappa shape index (κ3) is 4.00. The summed E-state index contributed by atoms with van der Waals surface area (Å²) in [4.78, 5) is 64.9. The fourth-order valence-corrected chi connectivity index (χ4v) is 4.23. The first kappa shape index (κ1) is 23.0. The molecule has 1 unspecified atom stereocenters. The maximum atomic E-state index is 13.1. The topological polar surface area (TPSA) is 119 Å². The minimum absolute atomic E-state index is 0.0867. The van der Waals surface area contributed by atoms with Crippen LogP contribution in [0.15, 0.2) is 66.7 Å². The van der Waals surface area contributed by atoms with Crippen LogP contribution in [0.1, 0.15) is 38.8 Å². The number of rotatable bonds is 5. The third-order valence-electron chi connectivity index (χ3n) is 5.98. The molecule has 2 amide bonds. The van der Waals surface area contributed by atoms with Crippen molar-refractivity contribution in [2.24, 2.45) is 0 Å². The molecule has 9 nitrogen and oxygen atoms in total. The van der Waals surface area contributed by atoms with Crippen LogP contribution in [-0.2, 0) is 19.1 Å². The number of benzene rings is 3. The van der Waals surface area contributed by atoms with Gasteiger partial charge in [-0.2, -0.15) is 0 Å². The van der Waals surface area contributed by atoms with Crippen molar-refractivity contribution < 1.29 is 33.4 Å². The van der Waals surface area contributed by atoms with Crippen LogP contribution in [-0.4, -0.2) is 48.6 Å². The van der Waals surface area contributed by atoms with Gasteiger partial charge in [0.15, 0.2) is 24.3 Å². The van der Waals surface area contributed by atoms with E-state index in [4.69, 9.17) is 9.47 Å². The smallest absolute Gasteiger partial charge is 0.326 e. The molecule has 1 N–H and O–H groups in total. The minimum atomic E-state index is -1.23. The molecule has 1 aliphatic carbocycles. The van der Waals surface area contributed by atoms with Crippen LogP contribution in [0.5, 0.6) is 5.75 Å². The Hall–Kier alpha value is -4.79. The molecule has 1 aliphatic heterocycles. The van der Waals surface area contributed by atoms with Crippen LogP contribution < -0.4 is 15.0 Å². The van der Waals surface area contributed by atoms with Crippen molar-refractivity contribution in [3.8, 4) is 5.75 Å². The first-order valence-electron chi connectivity index (χ1n) is 11.2. The largest absolute Gasteiger partial charge is 0.482 e. The fourth-order valence-electron chi connectivity index (χ4n) is 4.23. The third-order valence-corrected chi connectivity index (χ3v) is 5.98. The monoisotopic (exact) mass is 484 g/mol. The Balaban J connectivity index is 1.30. The van der Waals surface area contributed by atoms with E-state index in [1.165, 1.54) is 24.0 Å². The number of carbonyl (C=O) groups excluding carboxylic acids is 5. The highest BCUT2D eigenvalue weighted by Crippen LogP contribution is 2.33. The molecule has 36 heavy (non-hydrogen) atoms. The maximum absolute atomic E-state index is 13.1. The lowest BCUT2D eigenvalue weighted by Crippen LogP contribution is -2.43. The quantitative estimate of drug-likeness (QED) is 0.433. The van der Waals surface area contributed by atoms with Crippen LogP contribution in [0.25, 0.3) is 0 Å². The summed E-state index contributed by atoms with van der Waals surface area (Å²) in [6.45, 7) is 0.761. The Bertz CT molecular complexity index is 1450. The zero-order valence-electron chi connectivity index (χ0n) is 19.1. The van der Waals surface area contributed by atoms with Crippen LogP contribution in [0.2, 0.25) is 0 Å². The second-order valence-corrected chi connectivity index (χ2v) is 8.29. The van der Waals surface area contributed by atoms with E-state index in [2.05, 4.69) is 5.32 Å². The highest BCUT2D eigenvalue weighted by Gasteiger charge is 2.33. The van der Waals surface area contributed by atoms with Gasteiger partial charge in [0.2, 0.25) is 0 Å². The van der Waals surface area contributed by atoms with Gasteiger partial charge in [-0.25, -0.2) is 0 Å². The predicted octanol–water partition coefficient (Wildman–Crippen LogP) is 2.76. The molecule has 0 saturated carbocycles. The van der Waals surface area contributed by atoms with Crippen molar-refractivity contribution in [1.82, 2.24) is 0 Å². The number of nitrogens with zero attached hydrogens (tertiary/aromatic N) is 1. The Morgan fingerprint density at radius 1 is 0.917 bits per heavy atom. The van der Waals surface area contributed by atoms with Gasteiger partial charge in [-0.3, -0.25) is 28.9 Å². The summed E-state index contributed by atoms with van der Waals surface area (Å²) in [6, 6.07) is 17.9. The van der Waals surface area contributed by atoms with Crippen molar-refractivity contribution >= 4 is 40.7 Å². The van der Waals surface area contributed by atoms with Crippen molar-refractivity contribution in [3.05, 3.63) is 89.0 Å². The van der Waals surface area contributed by atoms with Gasteiger partial charge in [0.25, 0.3) is 11.8 Å². The molecule has 1 heterocycles. The molecule has 5 rings (SSSR count). The summed E-state index contributed by atoms with van der Waals surface area (Å²) >= 11 is 0. The molecule has 0 spiro atoms. The molecule has 0 fully saturated rings. The number of ether oxygens (including phenoxy) is 2. The number of para-hydroxylation sites is 2. The van der Waals surface area contributed by atoms with Gasteiger partial charge >= 0.3 is 5.97 Å². The van der Waals surface area contributed by atoms with Gasteiger partial charge in [0.1, 0.15) is 12.3 Å². The second-order valence-electron chi connectivity index (χ2n) is 8.29. The number of ketones is 2. The summed E-state index contributed by atoms with van der Waals surface area (Å²) in [5.74, 6) is -2.13. The van der Waals surface area contributed by atoms with E-state index >= 15 is 0 Å². The number of hydrogen-bond acceptors (Lipinski definition) is 7. The van der Waals surface area contributed by atoms with Crippen LogP contribution in [0.3, 0.4) is 0 Å². The minimum Gasteiger partial charge on any atom is -0.482 e. The first-order valence-corrected chi connectivity index (χ1v) is 11.2. The standard InChI is InChI=1S/C27H20N2O7/c1-15(36-23(31)13-29-20-11-4-5-12-21(20)35-14-22(29)30)27(34)28-19-10-6-9-18-24(19)26(33)17-8-3-2-7-16(17)25(18)32/h2-12,15H,13-14H2,1H3,(H,28,34). The van der Waals surface area contributed by atoms with Gasteiger partial charge in [-0.05, 0) is 25.1 Å². The lowest BCUT2D eigenvalue weighted by molar-refractivity contribution is -0.152. The number of nitrogens with one attached hydrogen (secondary N) is 1. The Kier molecular flexibility index (Phi) is 5.81. The number of esters is 1. The molecule has 0 bridgehead atoms. The van der Waals surface area contributed by atoms with Crippen molar-refractivity contribution in [3.63, 3.8) is 0 Å². The van der Waals surface area contributed by atoms with Crippen molar-refractivity contribution in [1.29, 1.82) is 0 Å². The van der Waals surface area contributed by atoms with Crippen LogP contribution in [0, 0.1) is 0 Å². The van der Waals surface area contributed by atoms with E-state index in [-0.39, 0.29) is 40.6 Å². The molecule has 180 valence electrons. The molecule has 3 aromatic rings. The van der Waals surface area contributed by atoms with E-state index in [1.807, 2.05) is 0 Å². The summed E-state index contributed by atoms with van der Waals surface area (Å²) < 4.78 is 10.6. The molecule has 3 aromatic carbocycles. The van der Waals surface area contributed by atoms with E-state index in [0.717, 1.165) is 0 Å². The highest BCUT2D eigenvalue weighted by molar-refractivity contribution is 6.30. The second kappa shape index (κ2) is 9.10. The highest BCUT2D eigenvalue weighted by atomic mass is 16.5. The number of amides is 2. The molecular formula is C27H20N2O7. The Morgan fingerprint density at radius 2 is 1.58 bits per heavy atom. The molecule has 0 saturated heterocycles. The normalized spacial score (nSPS) is 14.7. The van der Waals surface area contributed by atoms with Gasteiger partial charge in [-0.15, -0.1) is 0 Å². The number of anilines is 2. The van der Waals surface area contributed by atoms with E-state index in [0.29, 0.717) is 17.0 Å². The summed E-state index contributed by atoms with van der Waals surface area (Å²) in [5, 5.41) is 2.60. The molecule has 2 aliphatic rings. The van der Waals surface area contributed by atoms with E-state index < -0.39 is 30.4 Å². The average molecular weight is 484 g/mol. The molecule has 9 heteroatoms. The lowest BCUT2D eigenvalue weighted by atomic mass is 9.83. The van der Waals surface area contributed by atoms with E-state index in [1.54, 1.807) is 54.6 Å². The van der Waals surface area contributed by atoms with Gasteiger partial charge in [0.05, 0.1) is 16.9 Å². The van der Waals surface area contributed by atoms with Gasteiger partial charge in [-0.1, -0.05) is 48.5 Å². The maximum Gasteiger partial charge on any atom is 0.326 e. The zero-order valence-corrected chi connectivity index (χ0v) is 19.1. The first-order chi connectivity index (χ1) is 17.3. The summed E-state index contributed by atoms with van der Waals surface area (Å²) in [6.07, 6.45) is -1.23. The zero-order chi connectivity index (χ0) is 25.4. The summed E-state index contributed by atoms with van der Waals surface area (Å²) in [7, 11) is 0. The number of fused-ring (bicyclic) bond motifs is 3. The molecule has 0 aromatic heterocycles. The lowest BCUT2D eigenvalue weighted by Gasteiger charge is -2.28. The van der Waals surface area contributed by atoms with Crippen molar-refractivity contribution in [2.45, 2.75) is 13.0 Å². The van der Waals surface area contributed by atoms with Gasteiger partial charge in [0, 0.05) is 16.7 Å². The number of hydrogen-bond donors (Lipinski definition) is 1. The summed E-state index contributed by atoms with van der Waals surface area (Å²) in [5.41, 5.74) is 1.41. The number of carbonyl (C=O) groups is 5. The molecular weight excluding hydrogens is 464 g/mol. The van der Waals surface area contributed by atoms with E-state index in [9.17, 15) is 24.0 Å². The van der Waals surface area contributed by atoms with Crippen LogP contribution >= 0.6 is 0 Å². The fraction of sp³-hybridized carbons (Fsp3) is 0.148. The van der Waals surface area contributed by atoms with Crippen LogP contribution in [0.4, 0.5) is 11.4 Å². The van der Waals surface area contributed by atoms with Gasteiger partial charge < -0.3 is 14.8 Å². The molecule has 1 atom stereocenters. The Labute approximate surface area is 205 Å². The predicted molar refractivity (Wildman–Crippen MR) is 128 cm³/mol. The van der Waals surface area contributed by atoms with Crippen molar-refractivity contribution in [2.75, 3.05) is 23.4 Å². The Morgan fingerprint density at radius 3 is 2.36 bits per heavy atom. The SMILES string of the molecule is CC(OC(=O)CN1C(=O)COc2ccccc21)C(=O)Nc1cccc2c1C(=O)c1ccccc1C2=O. The molecule has 0 radical (unpaired) electrons. The average Bonchev–Trinajstić information content (AvgIpc) is 2.88.